The minimum absolute atomic E-state index is 0.845. The quantitative estimate of drug-likeness (QED) is 0.478. The van der Waals surface area contributed by atoms with Gasteiger partial charge in [0.2, 0.25) is 0 Å². The van der Waals surface area contributed by atoms with E-state index in [2.05, 4.69) is 31.9 Å². The van der Waals surface area contributed by atoms with E-state index in [1.54, 1.807) is 0 Å². The van der Waals surface area contributed by atoms with Gasteiger partial charge in [0, 0.05) is 13.8 Å². The molecular weight excluding hydrogens is 206 g/mol. The van der Waals surface area contributed by atoms with Gasteiger partial charge in [0.15, 0.2) is 4.99 Å². The molecule has 12 heavy (non-hydrogen) atoms. The normalized spacial score (nSPS) is 17.8. The van der Waals surface area contributed by atoms with E-state index in [0.29, 0.717) is 0 Å². The second kappa shape index (κ2) is 3.40. The van der Waals surface area contributed by atoms with Gasteiger partial charge in [-0.25, -0.2) is 8.75 Å². The van der Waals surface area contributed by atoms with Crippen molar-refractivity contribution in [3.8, 4) is 0 Å². The van der Waals surface area contributed by atoms with Crippen molar-refractivity contribution in [2.24, 2.45) is 0 Å². The maximum absolute atomic E-state index is 5.27. The molecule has 74 valence electrons. The summed E-state index contributed by atoms with van der Waals surface area (Å²) in [4.78, 5) is 2.15. The van der Waals surface area contributed by atoms with Gasteiger partial charge in [-0.2, -0.15) is 0 Å². The molecule has 1 atom stereocenters. The summed E-state index contributed by atoms with van der Waals surface area (Å²) in [5, 5.41) is 0. The average molecular weight is 225 g/mol. The monoisotopic (exact) mass is 225 g/mol. The van der Waals surface area contributed by atoms with Crippen LogP contribution in [-0.4, -0.2) is 35.0 Å². The lowest BCUT2D eigenvalue weighted by atomic mass is 10.6. The van der Waals surface area contributed by atoms with E-state index in [1.807, 2.05) is 6.92 Å². The Kier molecular flexibility index (Phi) is 3.58. The highest BCUT2D eigenvalue weighted by atomic mass is 32.3. The zero-order valence-electron chi connectivity index (χ0n) is 8.72. The van der Waals surface area contributed by atoms with Crippen molar-refractivity contribution in [3.63, 3.8) is 0 Å². The van der Waals surface area contributed by atoms with Crippen LogP contribution in [0, 0.1) is 0 Å². The summed E-state index contributed by atoms with van der Waals surface area (Å²) in [6.45, 7) is 4.01. The van der Waals surface area contributed by atoms with Crippen LogP contribution in [0.15, 0.2) is 0 Å². The molecule has 1 nitrogen and oxygen atoms in total. The molecule has 1 N–H and O–H groups in total. The second-order valence-electron chi connectivity index (χ2n) is 4.71. The molecule has 0 aromatic carbocycles. The van der Waals surface area contributed by atoms with Crippen LogP contribution in [0.1, 0.15) is 13.8 Å². The molecule has 0 radical (unpaired) electrons. The fourth-order valence-electron chi connectivity index (χ4n) is 0.619. The number of nitrogens with one attached hydrogen (secondary N) is 1. The number of quaternary nitrogens is 1. The van der Waals surface area contributed by atoms with Crippen molar-refractivity contribution < 1.29 is 4.31 Å². The first-order valence-electron chi connectivity index (χ1n) is 3.75. The van der Waals surface area contributed by atoms with Gasteiger partial charge in [0.05, 0.1) is 0 Å². The summed E-state index contributed by atoms with van der Waals surface area (Å²) in [7, 11) is -1.42. The van der Waals surface area contributed by atoms with E-state index < -0.39 is 8.75 Å². The lowest BCUT2D eigenvalue weighted by Gasteiger charge is -2.39. The molecule has 0 spiro atoms. The molecule has 0 aromatic rings. The molecule has 0 heterocycles. The van der Waals surface area contributed by atoms with E-state index in [0.717, 1.165) is 9.29 Å². The minimum Gasteiger partial charge on any atom is -0.483 e. The predicted molar refractivity (Wildman–Crippen MR) is 68.6 cm³/mol. The zero-order valence-corrected chi connectivity index (χ0v) is 11.2. The summed E-state index contributed by atoms with van der Waals surface area (Å²) in [6.07, 6.45) is 9.10. The Hall–Kier alpha value is 0.620. The third kappa shape index (κ3) is 3.56. The topological polar surface area (TPSA) is 4.44 Å². The third-order valence-electron chi connectivity index (χ3n) is 1.86. The molecule has 0 saturated heterocycles. The Labute approximate surface area is 86.9 Å². The lowest BCUT2D eigenvalue weighted by Crippen LogP contribution is -3.12. The Bertz CT molecular complexity index is 249. The van der Waals surface area contributed by atoms with E-state index in [-0.39, 0.29) is 0 Å². The Morgan fingerprint density at radius 3 is 1.58 bits per heavy atom. The second-order valence-corrected chi connectivity index (χ2v) is 12.9. The van der Waals surface area contributed by atoms with Gasteiger partial charge in [0.1, 0.15) is 4.99 Å². The van der Waals surface area contributed by atoms with Crippen molar-refractivity contribution in [2.75, 3.05) is 25.0 Å². The molecule has 0 aliphatic rings. The molecule has 0 saturated carbocycles. The van der Waals surface area contributed by atoms with Crippen molar-refractivity contribution in [3.05, 3.63) is 0 Å². The maximum atomic E-state index is 5.27. The van der Waals surface area contributed by atoms with Crippen molar-refractivity contribution in [1.82, 2.24) is 0 Å². The van der Waals surface area contributed by atoms with Crippen LogP contribution in [0.25, 0.3) is 0 Å². The largest absolute Gasteiger partial charge is 0.483 e. The fraction of sp³-hybridized carbons (Fsp3) is 0.750. The number of rotatable bonds is 0. The molecule has 4 heteroatoms. The summed E-state index contributed by atoms with van der Waals surface area (Å²) >= 11 is 10.3. The fourth-order valence-corrected chi connectivity index (χ4v) is 2.73. The average Bonchev–Trinajstić information content (AvgIpc) is 1.80. The lowest BCUT2D eigenvalue weighted by molar-refractivity contribution is -0.517. The van der Waals surface area contributed by atoms with Crippen LogP contribution in [0.5, 0.6) is 0 Å². The van der Waals surface area contributed by atoms with Crippen molar-refractivity contribution >= 4 is 43.8 Å². The summed E-state index contributed by atoms with van der Waals surface area (Å²) in [5.74, 6) is 0. The van der Waals surface area contributed by atoms with Gasteiger partial charge in [-0.05, 0) is 37.2 Å². The van der Waals surface area contributed by atoms with E-state index in [1.165, 1.54) is 4.99 Å². The van der Waals surface area contributed by atoms with E-state index in [9.17, 15) is 0 Å². The van der Waals surface area contributed by atoms with Crippen LogP contribution < -0.4 is 4.31 Å². The van der Waals surface area contributed by atoms with Gasteiger partial charge in [0.25, 0.3) is 0 Å². The molecule has 0 aromatic heterocycles. The summed E-state index contributed by atoms with van der Waals surface area (Å²) < 4.78 is 0.891. The van der Waals surface area contributed by atoms with Crippen LogP contribution in [-0.2, 0) is 12.8 Å². The molecule has 0 rings (SSSR count). The van der Waals surface area contributed by atoms with Gasteiger partial charge in [-0.15, -0.1) is 0 Å². The Morgan fingerprint density at radius 2 is 1.50 bits per heavy atom. The van der Waals surface area contributed by atoms with Crippen LogP contribution in [0.2, 0.25) is 0 Å². The molecule has 0 aliphatic heterocycles. The van der Waals surface area contributed by atoms with Crippen LogP contribution in [0.4, 0.5) is 0 Å². The van der Waals surface area contributed by atoms with Gasteiger partial charge < -0.3 is 17.1 Å². The van der Waals surface area contributed by atoms with Gasteiger partial charge in [-0.3, -0.25) is 0 Å². The number of thiocarbonyl (C=S) groups is 1. The van der Waals surface area contributed by atoms with Crippen molar-refractivity contribution in [2.45, 2.75) is 13.8 Å². The number of hydrogen-bond acceptors (Lipinski definition) is 2. The van der Waals surface area contributed by atoms with Gasteiger partial charge in [-0.1, -0.05) is 0 Å². The van der Waals surface area contributed by atoms with Crippen LogP contribution in [0.3, 0.4) is 0 Å². The predicted octanol–water partition coefficient (Wildman–Crippen LogP) is 0.690. The minimum atomic E-state index is -1.42. The van der Waals surface area contributed by atoms with E-state index >= 15 is 0 Å². The highest BCUT2D eigenvalue weighted by molar-refractivity contribution is 8.45. The van der Waals surface area contributed by atoms with Crippen molar-refractivity contribution in [1.29, 1.82) is 0 Å². The molecule has 1 unspecified atom stereocenters. The highest BCUT2D eigenvalue weighted by Crippen LogP contribution is 2.43. The van der Waals surface area contributed by atoms with Crippen LogP contribution >= 0.6 is 21.0 Å². The first kappa shape index (κ1) is 12.6. The molecule has 0 fully saturated rings. The zero-order chi connectivity index (χ0) is 10.2. The molecular formula is C8H19NS3. The number of hydrogen-bond donors (Lipinski definition) is 1. The smallest absolute Gasteiger partial charge is 0.156 e. The first-order chi connectivity index (χ1) is 5.02. The standard InChI is InChI=1S/C8H19NS3/c1-7(10)9(11)8(2)12(3,4,5)6/h9H,1-6H3. The van der Waals surface area contributed by atoms with Gasteiger partial charge >= 0.3 is 0 Å². The SMILES string of the molecule is CC(=S)[NH+]([S-])C(C)=S(C)(C)(C)C. The molecule has 0 aliphatic carbocycles. The third-order valence-corrected chi connectivity index (χ3v) is 5.59. The van der Waals surface area contributed by atoms with E-state index in [4.69, 9.17) is 25.0 Å². The molecule has 0 bridgehead atoms. The first-order valence-corrected chi connectivity index (χ1v) is 8.24. The Balaban J connectivity index is 5.22. The summed E-state index contributed by atoms with van der Waals surface area (Å²) in [6, 6.07) is 0. The molecule has 0 amide bonds. The maximum Gasteiger partial charge on any atom is 0.156 e. The Morgan fingerprint density at radius 1 is 1.17 bits per heavy atom. The highest BCUT2D eigenvalue weighted by Gasteiger charge is 2.17. The summed E-state index contributed by atoms with van der Waals surface area (Å²) in [5.41, 5.74) is 0.